The first kappa shape index (κ1) is 20.7. The third-order valence-electron chi connectivity index (χ3n) is 2.76. The second-order valence-electron chi connectivity index (χ2n) is 4.61. The van der Waals surface area contributed by atoms with Crippen LogP contribution in [0.15, 0.2) is 39.3 Å². The predicted octanol–water partition coefficient (Wildman–Crippen LogP) is 6.06. The molecule has 132 valence electrons. The second-order valence-corrected chi connectivity index (χ2v) is 8.01. The van der Waals surface area contributed by atoms with E-state index >= 15 is 0 Å². The van der Waals surface area contributed by atoms with E-state index in [-0.39, 0.29) is 11.7 Å². The van der Waals surface area contributed by atoms with E-state index in [4.69, 9.17) is 51.8 Å². The molecule has 0 radical (unpaired) electrons. The first-order valence-corrected chi connectivity index (χ1v) is 9.72. The molecule has 0 spiro atoms. The van der Waals surface area contributed by atoms with Gasteiger partial charge in [-0.1, -0.05) is 50.7 Å². The van der Waals surface area contributed by atoms with Gasteiger partial charge in [-0.05, 0) is 58.5 Å². The van der Waals surface area contributed by atoms with E-state index in [1.807, 2.05) is 6.07 Å². The van der Waals surface area contributed by atoms with Crippen LogP contribution in [-0.4, -0.2) is 17.6 Å². The van der Waals surface area contributed by atoms with Crippen molar-refractivity contribution in [2.75, 3.05) is 11.9 Å². The van der Waals surface area contributed by atoms with Gasteiger partial charge in [-0.25, -0.2) is 0 Å². The normalized spacial score (nSPS) is 10.3. The van der Waals surface area contributed by atoms with Gasteiger partial charge in [-0.15, -0.1) is 0 Å². The number of carbonyl (C=O) groups excluding carboxylic acids is 1. The van der Waals surface area contributed by atoms with E-state index in [0.29, 0.717) is 26.5 Å². The van der Waals surface area contributed by atoms with Gasteiger partial charge in [-0.2, -0.15) is 0 Å². The SMILES string of the molecule is O=C(COc1ccc(Br)cc1Br)NC(=S)Nc1cc(Cl)c(Cl)cc1Cl. The number of benzene rings is 2. The molecule has 0 unspecified atom stereocenters. The summed E-state index contributed by atoms with van der Waals surface area (Å²) in [5.74, 6) is 0.105. The van der Waals surface area contributed by atoms with E-state index in [1.54, 1.807) is 12.1 Å². The molecule has 10 heteroatoms. The van der Waals surface area contributed by atoms with Gasteiger partial charge >= 0.3 is 0 Å². The van der Waals surface area contributed by atoms with E-state index < -0.39 is 5.91 Å². The van der Waals surface area contributed by atoms with E-state index in [0.717, 1.165) is 8.95 Å². The Morgan fingerprint density at radius 2 is 1.76 bits per heavy atom. The van der Waals surface area contributed by atoms with Crippen molar-refractivity contribution in [1.29, 1.82) is 0 Å². The molecule has 0 aliphatic rings. The fraction of sp³-hybridized carbons (Fsp3) is 0.0667. The molecule has 0 saturated carbocycles. The molecular weight excluding hydrogens is 538 g/mol. The third kappa shape index (κ3) is 6.27. The minimum absolute atomic E-state index is 0.0590. The highest BCUT2D eigenvalue weighted by Crippen LogP contribution is 2.32. The third-order valence-corrected chi connectivity index (χ3v) is 5.12. The molecule has 2 rings (SSSR count). The van der Waals surface area contributed by atoms with Gasteiger partial charge in [0.2, 0.25) is 0 Å². The number of thiocarbonyl (C=S) groups is 1. The Morgan fingerprint density at radius 3 is 2.44 bits per heavy atom. The molecule has 0 atom stereocenters. The largest absolute Gasteiger partial charge is 0.483 e. The molecule has 1 amide bonds. The first-order chi connectivity index (χ1) is 11.8. The lowest BCUT2D eigenvalue weighted by atomic mass is 10.3. The summed E-state index contributed by atoms with van der Waals surface area (Å²) in [6.45, 7) is -0.211. The Balaban J connectivity index is 1.90. The molecule has 0 heterocycles. The summed E-state index contributed by atoms with van der Waals surface area (Å²) in [5, 5.41) is 6.28. The molecule has 2 aromatic rings. The molecule has 0 aliphatic carbocycles. The van der Waals surface area contributed by atoms with Crippen LogP contribution in [0.5, 0.6) is 5.75 Å². The molecule has 0 aliphatic heterocycles. The zero-order valence-corrected chi connectivity index (χ0v) is 18.5. The molecule has 0 bridgehead atoms. The van der Waals surface area contributed by atoms with E-state index in [1.165, 1.54) is 12.1 Å². The van der Waals surface area contributed by atoms with Crippen molar-refractivity contribution in [3.63, 3.8) is 0 Å². The summed E-state index contributed by atoms with van der Waals surface area (Å²) in [5.41, 5.74) is 0.429. The topological polar surface area (TPSA) is 50.4 Å². The monoisotopic (exact) mass is 544 g/mol. The number of ether oxygens (including phenoxy) is 1. The summed E-state index contributed by atoms with van der Waals surface area (Å²) in [6, 6.07) is 8.34. The quantitative estimate of drug-likeness (QED) is 0.361. The van der Waals surface area contributed by atoms with Crippen molar-refractivity contribution in [2.45, 2.75) is 0 Å². The Kier molecular flexibility index (Phi) is 7.79. The van der Waals surface area contributed by atoms with Gasteiger partial charge in [0.25, 0.3) is 5.91 Å². The number of amides is 1. The van der Waals surface area contributed by atoms with Gasteiger partial charge in [0, 0.05) is 4.47 Å². The Hall–Kier alpha value is -0.570. The number of anilines is 1. The number of hydrogen-bond donors (Lipinski definition) is 2. The lowest BCUT2D eigenvalue weighted by Gasteiger charge is -2.12. The fourth-order valence-electron chi connectivity index (χ4n) is 1.67. The number of rotatable bonds is 4. The molecule has 0 fully saturated rings. The minimum Gasteiger partial charge on any atom is -0.483 e. The van der Waals surface area contributed by atoms with Crippen molar-refractivity contribution in [2.24, 2.45) is 0 Å². The maximum atomic E-state index is 11.9. The van der Waals surface area contributed by atoms with Crippen LogP contribution in [0.2, 0.25) is 15.1 Å². The summed E-state index contributed by atoms with van der Waals surface area (Å²) >= 11 is 29.6. The van der Waals surface area contributed by atoms with Crippen molar-refractivity contribution >= 4 is 95.6 Å². The first-order valence-electron chi connectivity index (χ1n) is 6.59. The Morgan fingerprint density at radius 1 is 1.08 bits per heavy atom. The zero-order chi connectivity index (χ0) is 18.6. The summed E-state index contributed by atoms with van der Waals surface area (Å²) in [6.07, 6.45) is 0. The molecule has 0 saturated heterocycles. The Labute approximate surface area is 181 Å². The fourth-order valence-corrected chi connectivity index (χ4v) is 3.65. The molecule has 25 heavy (non-hydrogen) atoms. The molecule has 4 nitrogen and oxygen atoms in total. The smallest absolute Gasteiger partial charge is 0.264 e. The second kappa shape index (κ2) is 9.39. The number of nitrogens with one attached hydrogen (secondary N) is 2. The van der Waals surface area contributed by atoms with Crippen molar-refractivity contribution in [3.8, 4) is 5.75 Å². The average Bonchev–Trinajstić information content (AvgIpc) is 2.51. The van der Waals surface area contributed by atoms with Crippen LogP contribution >= 0.6 is 78.9 Å². The van der Waals surface area contributed by atoms with E-state index in [2.05, 4.69) is 42.5 Å². The van der Waals surface area contributed by atoms with Gasteiger partial charge < -0.3 is 10.1 Å². The van der Waals surface area contributed by atoms with Crippen molar-refractivity contribution in [3.05, 3.63) is 54.3 Å². The van der Waals surface area contributed by atoms with Crippen molar-refractivity contribution in [1.82, 2.24) is 5.32 Å². The summed E-state index contributed by atoms with van der Waals surface area (Å²) < 4.78 is 7.04. The van der Waals surface area contributed by atoms with E-state index in [9.17, 15) is 4.79 Å². The standard InChI is InChI=1S/C15H9Br2Cl3N2O2S/c16-7-1-2-13(8(17)3-7)24-6-14(23)22-15(25)21-12-5-10(19)9(18)4-11(12)20/h1-5H,6H2,(H2,21,22,23,25). The van der Waals surface area contributed by atoms with Crippen LogP contribution in [0.3, 0.4) is 0 Å². The van der Waals surface area contributed by atoms with Crippen LogP contribution in [0, 0.1) is 0 Å². The number of hydrogen-bond acceptors (Lipinski definition) is 3. The maximum Gasteiger partial charge on any atom is 0.264 e. The highest BCUT2D eigenvalue weighted by molar-refractivity contribution is 9.11. The predicted molar refractivity (Wildman–Crippen MR) is 113 cm³/mol. The van der Waals surface area contributed by atoms with Crippen LogP contribution < -0.4 is 15.4 Å². The van der Waals surface area contributed by atoms with Crippen LogP contribution in [0.4, 0.5) is 5.69 Å². The van der Waals surface area contributed by atoms with Gasteiger partial charge in [0.15, 0.2) is 11.7 Å². The van der Waals surface area contributed by atoms with Crippen LogP contribution in [0.1, 0.15) is 0 Å². The highest BCUT2D eigenvalue weighted by atomic mass is 79.9. The molecule has 2 aromatic carbocycles. The van der Waals surface area contributed by atoms with Gasteiger partial charge in [0.1, 0.15) is 5.75 Å². The van der Waals surface area contributed by atoms with Crippen molar-refractivity contribution < 1.29 is 9.53 Å². The maximum absolute atomic E-state index is 11.9. The van der Waals surface area contributed by atoms with Crippen LogP contribution in [0.25, 0.3) is 0 Å². The molecular formula is C15H9Br2Cl3N2O2S. The van der Waals surface area contributed by atoms with Gasteiger partial charge in [0.05, 0.1) is 25.2 Å². The average molecular weight is 547 g/mol. The summed E-state index contributed by atoms with van der Waals surface area (Å²) in [7, 11) is 0. The number of halogens is 5. The number of carbonyl (C=O) groups is 1. The van der Waals surface area contributed by atoms with Gasteiger partial charge in [-0.3, -0.25) is 10.1 Å². The molecule has 2 N–H and O–H groups in total. The summed E-state index contributed by atoms with van der Waals surface area (Å²) in [4.78, 5) is 11.9. The lowest BCUT2D eigenvalue weighted by molar-refractivity contribution is -0.121. The Bertz CT molecular complexity index is 837. The van der Waals surface area contributed by atoms with Crippen LogP contribution in [-0.2, 0) is 4.79 Å². The zero-order valence-electron chi connectivity index (χ0n) is 12.2. The highest BCUT2D eigenvalue weighted by Gasteiger charge is 2.11. The lowest BCUT2D eigenvalue weighted by Crippen LogP contribution is -2.37. The molecule has 0 aromatic heterocycles. The minimum atomic E-state index is -0.427.